The van der Waals surface area contributed by atoms with E-state index in [1.807, 2.05) is 30.3 Å². The summed E-state index contributed by atoms with van der Waals surface area (Å²) in [6.07, 6.45) is 5.08. The molecule has 0 saturated heterocycles. The molecule has 2 heteroatoms. The Balaban J connectivity index is 1.98. The molecule has 1 N–H and O–H groups in total. The summed E-state index contributed by atoms with van der Waals surface area (Å²) in [5.74, 6) is 0.648. The molecule has 0 spiro atoms. The Morgan fingerprint density at radius 2 is 2.00 bits per heavy atom. The average molecular weight is 202 g/mol. The molecule has 1 unspecified atom stereocenters. The van der Waals surface area contributed by atoms with E-state index in [2.05, 4.69) is 17.5 Å². The lowest BCUT2D eigenvalue weighted by Gasteiger charge is -2.20. The summed E-state index contributed by atoms with van der Waals surface area (Å²) in [6, 6.07) is 10.1. The molecule has 1 saturated carbocycles. The van der Waals surface area contributed by atoms with Crippen LogP contribution >= 0.6 is 0 Å². The summed E-state index contributed by atoms with van der Waals surface area (Å²) in [5, 5.41) is 4.50. The van der Waals surface area contributed by atoms with Crippen molar-refractivity contribution in [3.05, 3.63) is 30.3 Å². The maximum absolute atomic E-state index is 4.50. The fourth-order valence-corrected chi connectivity index (χ4v) is 1.98. The third-order valence-electron chi connectivity index (χ3n) is 2.99. The van der Waals surface area contributed by atoms with Gasteiger partial charge < -0.3 is 0 Å². The number of nitrogens with one attached hydrogen (secondary N) is 1. The van der Waals surface area contributed by atoms with Crippen molar-refractivity contribution in [2.24, 2.45) is 11.0 Å². The SMILES string of the molecule is CC1CCCCC1=NNc1ccccc1. The summed E-state index contributed by atoms with van der Waals surface area (Å²) >= 11 is 0. The summed E-state index contributed by atoms with van der Waals surface area (Å²) in [4.78, 5) is 0. The van der Waals surface area contributed by atoms with E-state index >= 15 is 0 Å². The lowest BCUT2D eigenvalue weighted by Crippen LogP contribution is -2.17. The molecule has 0 bridgehead atoms. The van der Waals surface area contributed by atoms with E-state index in [1.165, 1.54) is 25.0 Å². The highest BCUT2D eigenvalue weighted by atomic mass is 15.3. The molecule has 0 heterocycles. The zero-order chi connectivity index (χ0) is 10.5. The minimum Gasteiger partial charge on any atom is -0.279 e. The molecule has 2 rings (SSSR count). The number of rotatable bonds is 2. The van der Waals surface area contributed by atoms with Crippen molar-refractivity contribution in [2.45, 2.75) is 32.6 Å². The van der Waals surface area contributed by atoms with Gasteiger partial charge in [-0.2, -0.15) is 5.10 Å². The third-order valence-corrected chi connectivity index (χ3v) is 2.99. The first-order chi connectivity index (χ1) is 7.36. The lowest BCUT2D eigenvalue weighted by molar-refractivity contribution is 0.558. The second-order valence-corrected chi connectivity index (χ2v) is 4.23. The molecule has 1 fully saturated rings. The normalized spacial score (nSPS) is 24.1. The zero-order valence-electron chi connectivity index (χ0n) is 9.24. The average Bonchev–Trinajstić information content (AvgIpc) is 2.29. The van der Waals surface area contributed by atoms with Crippen LogP contribution in [0.4, 0.5) is 5.69 Å². The van der Waals surface area contributed by atoms with Crippen molar-refractivity contribution in [2.75, 3.05) is 5.43 Å². The highest BCUT2D eigenvalue weighted by Crippen LogP contribution is 2.21. The number of benzene rings is 1. The van der Waals surface area contributed by atoms with Gasteiger partial charge in [-0.3, -0.25) is 5.43 Å². The molecule has 0 aliphatic heterocycles. The Kier molecular flexibility index (Phi) is 3.38. The van der Waals surface area contributed by atoms with E-state index in [4.69, 9.17) is 0 Å². The molecule has 0 radical (unpaired) electrons. The first-order valence-electron chi connectivity index (χ1n) is 5.74. The Bertz CT molecular complexity index is 330. The van der Waals surface area contributed by atoms with Crippen molar-refractivity contribution >= 4 is 11.4 Å². The largest absolute Gasteiger partial charge is 0.279 e. The van der Waals surface area contributed by atoms with Gasteiger partial charge in [0, 0.05) is 5.71 Å². The van der Waals surface area contributed by atoms with Crippen molar-refractivity contribution in [3.8, 4) is 0 Å². The van der Waals surface area contributed by atoms with Crippen LogP contribution in [0.1, 0.15) is 32.6 Å². The molecule has 0 amide bonds. The predicted octanol–water partition coefficient (Wildman–Crippen LogP) is 3.66. The van der Waals surface area contributed by atoms with Gasteiger partial charge in [-0.05, 0) is 37.3 Å². The van der Waals surface area contributed by atoms with E-state index < -0.39 is 0 Å². The van der Waals surface area contributed by atoms with Gasteiger partial charge in [-0.1, -0.05) is 31.5 Å². The molecule has 1 aromatic carbocycles. The van der Waals surface area contributed by atoms with Crippen LogP contribution in [0.25, 0.3) is 0 Å². The van der Waals surface area contributed by atoms with Crippen LogP contribution in [0.5, 0.6) is 0 Å². The third kappa shape index (κ3) is 2.82. The molecule has 1 aliphatic carbocycles. The van der Waals surface area contributed by atoms with Gasteiger partial charge in [0.15, 0.2) is 0 Å². The highest BCUT2D eigenvalue weighted by Gasteiger charge is 2.15. The van der Waals surface area contributed by atoms with Gasteiger partial charge in [-0.25, -0.2) is 0 Å². The number of anilines is 1. The fourth-order valence-electron chi connectivity index (χ4n) is 1.98. The molecule has 1 atom stereocenters. The van der Waals surface area contributed by atoms with Gasteiger partial charge >= 0.3 is 0 Å². The van der Waals surface area contributed by atoms with Gasteiger partial charge in [0.1, 0.15) is 0 Å². The topological polar surface area (TPSA) is 24.4 Å². The molecule has 80 valence electrons. The summed E-state index contributed by atoms with van der Waals surface area (Å²) in [5.41, 5.74) is 5.53. The van der Waals surface area contributed by atoms with Crippen molar-refractivity contribution in [3.63, 3.8) is 0 Å². The van der Waals surface area contributed by atoms with Crippen molar-refractivity contribution in [1.82, 2.24) is 0 Å². The van der Waals surface area contributed by atoms with Crippen LogP contribution in [0.15, 0.2) is 35.4 Å². The second-order valence-electron chi connectivity index (χ2n) is 4.23. The molecular weight excluding hydrogens is 184 g/mol. The standard InChI is InChI=1S/C13H18N2/c1-11-7-5-6-10-13(11)15-14-12-8-3-2-4-9-12/h2-4,8-9,11,14H,5-7,10H2,1H3. The van der Waals surface area contributed by atoms with Gasteiger partial charge in [0.25, 0.3) is 0 Å². The van der Waals surface area contributed by atoms with E-state index in [0.717, 1.165) is 12.1 Å². The van der Waals surface area contributed by atoms with Gasteiger partial charge in [-0.15, -0.1) is 0 Å². The number of hydrazone groups is 1. The van der Waals surface area contributed by atoms with Crippen LogP contribution in [-0.2, 0) is 0 Å². The number of hydrogen-bond acceptors (Lipinski definition) is 2. The number of para-hydroxylation sites is 1. The Hall–Kier alpha value is -1.31. The maximum Gasteiger partial charge on any atom is 0.0561 e. The predicted molar refractivity (Wildman–Crippen MR) is 65.1 cm³/mol. The first-order valence-corrected chi connectivity index (χ1v) is 5.74. The first kappa shape index (κ1) is 10.2. The molecule has 2 nitrogen and oxygen atoms in total. The summed E-state index contributed by atoms with van der Waals surface area (Å²) in [6.45, 7) is 2.27. The Morgan fingerprint density at radius 1 is 1.20 bits per heavy atom. The minimum atomic E-state index is 0.648. The molecule has 15 heavy (non-hydrogen) atoms. The van der Waals surface area contributed by atoms with Crippen LogP contribution in [0, 0.1) is 5.92 Å². The number of nitrogens with zero attached hydrogens (tertiary/aromatic N) is 1. The van der Waals surface area contributed by atoms with Crippen LogP contribution in [0.2, 0.25) is 0 Å². The lowest BCUT2D eigenvalue weighted by atomic mass is 9.89. The van der Waals surface area contributed by atoms with Gasteiger partial charge in [0.2, 0.25) is 0 Å². The summed E-state index contributed by atoms with van der Waals surface area (Å²) < 4.78 is 0. The quantitative estimate of drug-likeness (QED) is 0.727. The Labute approximate surface area is 91.4 Å². The molecular formula is C13H18N2. The molecule has 0 aromatic heterocycles. The van der Waals surface area contributed by atoms with E-state index in [0.29, 0.717) is 5.92 Å². The monoisotopic (exact) mass is 202 g/mol. The van der Waals surface area contributed by atoms with Crippen molar-refractivity contribution < 1.29 is 0 Å². The zero-order valence-corrected chi connectivity index (χ0v) is 9.24. The van der Waals surface area contributed by atoms with E-state index in [9.17, 15) is 0 Å². The fraction of sp³-hybridized carbons (Fsp3) is 0.462. The molecule has 1 aromatic rings. The smallest absolute Gasteiger partial charge is 0.0561 e. The number of hydrogen-bond donors (Lipinski definition) is 1. The molecule has 1 aliphatic rings. The maximum atomic E-state index is 4.50. The van der Waals surface area contributed by atoms with Crippen molar-refractivity contribution in [1.29, 1.82) is 0 Å². The highest BCUT2D eigenvalue weighted by molar-refractivity contribution is 5.87. The van der Waals surface area contributed by atoms with E-state index in [-0.39, 0.29) is 0 Å². The summed E-state index contributed by atoms with van der Waals surface area (Å²) in [7, 11) is 0. The van der Waals surface area contributed by atoms with Crippen LogP contribution < -0.4 is 5.43 Å². The minimum absolute atomic E-state index is 0.648. The van der Waals surface area contributed by atoms with Crippen LogP contribution in [0.3, 0.4) is 0 Å². The Morgan fingerprint density at radius 3 is 2.73 bits per heavy atom. The van der Waals surface area contributed by atoms with Gasteiger partial charge in [0.05, 0.1) is 5.69 Å². The van der Waals surface area contributed by atoms with Crippen LogP contribution in [-0.4, -0.2) is 5.71 Å². The second kappa shape index (κ2) is 4.96. The van der Waals surface area contributed by atoms with E-state index in [1.54, 1.807) is 0 Å².